The zero-order valence-electron chi connectivity index (χ0n) is 15.6. The van der Waals surface area contributed by atoms with Gasteiger partial charge in [0.25, 0.3) is 5.69 Å². The Hall–Kier alpha value is -0.815. The summed E-state index contributed by atoms with van der Waals surface area (Å²) in [5.74, 6) is 0. The van der Waals surface area contributed by atoms with E-state index >= 15 is 0 Å². The Bertz CT molecular complexity index is 579. The van der Waals surface area contributed by atoms with Gasteiger partial charge in [-0.2, -0.15) is 26.3 Å². The van der Waals surface area contributed by atoms with E-state index in [0.717, 1.165) is 20.1 Å². The maximum atomic E-state index is 12.1. The number of hydrogen-bond donors (Lipinski definition) is 1. The molecule has 2 atom stereocenters. The van der Waals surface area contributed by atoms with Crippen molar-refractivity contribution in [2.45, 2.75) is 53.1 Å². The third kappa shape index (κ3) is 18.9. The van der Waals surface area contributed by atoms with E-state index in [0.29, 0.717) is 5.56 Å². The molecule has 1 aromatic rings. The molecular formula is C15H25BClF6N3NaO2. The Morgan fingerprint density at radius 3 is 1.66 bits per heavy atom. The van der Waals surface area contributed by atoms with E-state index in [9.17, 15) is 36.5 Å². The van der Waals surface area contributed by atoms with Gasteiger partial charge in [-0.05, 0) is 31.5 Å². The molecule has 0 aliphatic heterocycles. The third-order valence-electron chi connectivity index (χ3n) is 2.54. The average Bonchev–Trinajstić information content (AvgIpc) is 2.43. The molecule has 5 nitrogen and oxygen atoms in total. The Labute approximate surface area is 198 Å². The van der Waals surface area contributed by atoms with Gasteiger partial charge in [0, 0.05) is 26.8 Å². The normalized spacial score (nSPS) is 12.2. The van der Waals surface area contributed by atoms with Crippen molar-refractivity contribution in [1.29, 1.82) is 0 Å². The standard InChI is InChI=1S/C10H9F3N2O2.C3H6F3N.2CH4.B.ClH.Na.H/c1-7(10(11,12)13)14-6-8-2-4-9(5-3-8)15(16)17;1-2(7)3(4,5)6;;;;;;/h2-7H,1H3;2H,7H2,1H3;2*1H4;;1H;;/q;;;;;;+1;-1. The summed E-state index contributed by atoms with van der Waals surface area (Å²) in [6, 6.07) is 1.60. The van der Waals surface area contributed by atoms with Gasteiger partial charge in [0.05, 0.1) is 11.0 Å². The van der Waals surface area contributed by atoms with Crippen LogP contribution in [0, 0.1) is 10.1 Å². The van der Waals surface area contributed by atoms with Crippen LogP contribution in [-0.2, 0) is 0 Å². The van der Waals surface area contributed by atoms with E-state index in [4.69, 9.17) is 0 Å². The summed E-state index contributed by atoms with van der Waals surface area (Å²) in [5, 5.41) is 10.3. The van der Waals surface area contributed by atoms with Crippen LogP contribution in [0.3, 0.4) is 0 Å². The first-order chi connectivity index (χ1) is 10.7. The zero-order valence-corrected chi connectivity index (χ0v) is 17.4. The third-order valence-corrected chi connectivity index (χ3v) is 2.54. The van der Waals surface area contributed by atoms with Gasteiger partial charge in [0.2, 0.25) is 0 Å². The number of nitro benzene ring substituents is 1. The SMILES string of the molecule is C.C.CC(N)C(F)(F)F.CC(N=Cc1ccc([N+](=O)[O-])cc1)C(F)(F)F.Cl.[B].[H-].[Na+]. The minimum absolute atomic E-state index is 0. The van der Waals surface area contributed by atoms with E-state index in [2.05, 4.69) is 10.7 Å². The van der Waals surface area contributed by atoms with Crippen molar-refractivity contribution in [2.24, 2.45) is 10.7 Å². The average molecular weight is 463 g/mol. The number of nitrogens with two attached hydrogens (primary N) is 1. The van der Waals surface area contributed by atoms with Gasteiger partial charge in [-0.1, -0.05) is 14.9 Å². The predicted octanol–water partition coefficient (Wildman–Crippen LogP) is 2.29. The van der Waals surface area contributed by atoms with Crippen molar-refractivity contribution >= 4 is 32.7 Å². The quantitative estimate of drug-likeness (QED) is 0.246. The number of hydrogen-bond acceptors (Lipinski definition) is 4. The minimum Gasteiger partial charge on any atom is -1.00 e. The largest absolute Gasteiger partial charge is 1.00 e. The first-order valence-corrected chi connectivity index (χ1v) is 6.41. The fourth-order valence-electron chi connectivity index (χ4n) is 0.964. The summed E-state index contributed by atoms with van der Waals surface area (Å²) in [7, 11) is 0. The molecule has 0 spiro atoms. The van der Waals surface area contributed by atoms with Crippen molar-refractivity contribution in [1.82, 2.24) is 0 Å². The molecule has 0 aromatic heterocycles. The van der Waals surface area contributed by atoms with Crippen LogP contribution in [0.2, 0.25) is 0 Å². The van der Waals surface area contributed by atoms with Gasteiger partial charge in [-0.25, -0.2) is 0 Å². The molecule has 14 heteroatoms. The van der Waals surface area contributed by atoms with Crippen molar-refractivity contribution in [3.05, 3.63) is 39.9 Å². The molecule has 2 unspecified atom stereocenters. The Balaban J connectivity index is -0.0000000722. The minimum atomic E-state index is -4.38. The van der Waals surface area contributed by atoms with Gasteiger partial charge < -0.3 is 7.16 Å². The summed E-state index contributed by atoms with van der Waals surface area (Å²) in [5.41, 5.74) is 4.71. The summed E-state index contributed by atoms with van der Waals surface area (Å²) in [6.07, 6.45) is -7.56. The molecule has 0 aliphatic carbocycles. The molecular weight excluding hydrogens is 437 g/mol. The number of rotatable bonds is 3. The Morgan fingerprint density at radius 1 is 1.07 bits per heavy atom. The second-order valence-electron chi connectivity index (χ2n) is 4.67. The Kier molecular flexibility index (Phi) is 26.3. The topological polar surface area (TPSA) is 81.5 Å². The van der Waals surface area contributed by atoms with Crippen LogP contribution in [0.1, 0.15) is 35.7 Å². The molecule has 165 valence electrons. The van der Waals surface area contributed by atoms with Crippen molar-refractivity contribution in [3.8, 4) is 0 Å². The second-order valence-corrected chi connectivity index (χ2v) is 4.67. The van der Waals surface area contributed by atoms with Crippen LogP contribution in [0.5, 0.6) is 0 Å². The Morgan fingerprint density at radius 2 is 1.41 bits per heavy atom. The number of nitro groups is 1. The van der Waals surface area contributed by atoms with Crippen LogP contribution >= 0.6 is 12.4 Å². The van der Waals surface area contributed by atoms with E-state index in [-0.39, 0.29) is 72.3 Å². The molecule has 3 radical (unpaired) electrons. The molecule has 0 bridgehead atoms. The van der Waals surface area contributed by atoms with Crippen molar-refractivity contribution in [2.75, 3.05) is 0 Å². The summed E-state index contributed by atoms with van der Waals surface area (Å²) in [6.45, 7) is 1.84. The number of benzene rings is 1. The fraction of sp³-hybridized carbons (Fsp3) is 0.533. The van der Waals surface area contributed by atoms with Crippen LogP contribution in [0.4, 0.5) is 32.0 Å². The molecule has 1 rings (SSSR count). The monoisotopic (exact) mass is 462 g/mol. The maximum absolute atomic E-state index is 12.1. The van der Waals surface area contributed by atoms with E-state index < -0.39 is 29.4 Å². The molecule has 0 amide bonds. The van der Waals surface area contributed by atoms with Crippen LogP contribution in [0.15, 0.2) is 29.3 Å². The molecule has 0 saturated carbocycles. The van der Waals surface area contributed by atoms with Crippen molar-refractivity contribution < 1.29 is 62.2 Å². The zero-order chi connectivity index (χ0) is 19.1. The summed E-state index contributed by atoms with van der Waals surface area (Å²) in [4.78, 5) is 13.1. The molecule has 0 aliphatic rings. The number of non-ortho nitro benzene ring substituents is 1. The molecule has 29 heavy (non-hydrogen) atoms. The number of nitrogens with zero attached hydrogens (tertiary/aromatic N) is 2. The fourth-order valence-corrected chi connectivity index (χ4v) is 0.964. The predicted molar refractivity (Wildman–Crippen MR) is 103 cm³/mol. The summed E-state index contributed by atoms with van der Waals surface area (Å²) >= 11 is 0. The van der Waals surface area contributed by atoms with Gasteiger partial charge in [0.15, 0.2) is 0 Å². The molecule has 0 saturated heterocycles. The van der Waals surface area contributed by atoms with Crippen LogP contribution in [-0.4, -0.2) is 44.0 Å². The van der Waals surface area contributed by atoms with Crippen LogP contribution < -0.4 is 35.3 Å². The smallest absolute Gasteiger partial charge is 1.00 e. The maximum Gasteiger partial charge on any atom is 1.00 e. The first-order valence-electron chi connectivity index (χ1n) is 6.41. The van der Waals surface area contributed by atoms with Gasteiger partial charge in [-0.3, -0.25) is 15.1 Å². The van der Waals surface area contributed by atoms with Crippen molar-refractivity contribution in [3.63, 3.8) is 0 Å². The van der Waals surface area contributed by atoms with Gasteiger partial charge in [-0.15, -0.1) is 12.4 Å². The molecule has 2 N–H and O–H groups in total. The molecule has 0 fully saturated rings. The van der Waals surface area contributed by atoms with Gasteiger partial charge in [0.1, 0.15) is 6.04 Å². The summed E-state index contributed by atoms with van der Waals surface area (Å²) < 4.78 is 69.5. The van der Waals surface area contributed by atoms with Gasteiger partial charge >= 0.3 is 41.9 Å². The molecule has 0 heterocycles. The van der Waals surface area contributed by atoms with Crippen LogP contribution in [0.25, 0.3) is 0 Å². The first kappa shape index (κ1) is 42.3. The number of alkyl halides is 6. The van der Waals surface area contributed by atoms with E-state index in [1.807, 2.05) is 0 Å². The molecule has 1 aromatic carbocycles. The van der Waals surface area contributed by atoms with E-state index in [1.165, 1.54) is 24.3 Å². The second kappa shape index (κ2) is 18.0. The number of halogens is 7. The number of aliphatic imine (C=N–C) groups is 1. The van der Waals surface area contributed by atoms with E-state index in [1.54, 1.807) is 0 Å².